The van der Waals surface area contributed by atoms with Crippen molar-refractivity contribution in [1.29, 1.82) is 0 Å². The Balaban J connectivity index is 1.66. The highest BCUT2D eigenvalue weighted by Gasteiger charge is 2.32. The van der Waals surface area contributed by atoms with Gasteiger partial charge in [0.15, 0.2) is 5.13 Å². The van der Waals surface area contributed by atoms with E-state index in [1.807, 2.05) is 0 Å². The number of carbonyl (C=O) groups is 1. The molecule has 110 valence electrons. The highest BCUT2D eigenvalue weighted by atomic mass is 32.1. The van der Waals surface area contributed by atoms with Gasteiger partial charge in [-0.25, -0.2) is 4.98 Å². The number of carboxylic acids is 1. The molecule has 1 aliphatic carbocycles. The summed E-state index contributed by atoms with van der Waals surface area (Å²) in [6.45, 7) is 2.86. The summed E-state index contributed by atoms with van der Waals surface area (Å²) in [5, 5.41) is 13.3. The molecule has 0 saturated carbocycles. The first-order valence-electron chi connectivity index (χ1n) is 7.21. The summed E-state index contributed by atoms with van der Waals surface area (Å²) < 4.78 is 0. The Morgan fingerprint density at radius 3 is 2.76 bits per heavy atom. The largest absolute Gasteiger partial charge is 0.481 e. The summed E-state index contributed by atoms with van der Waals surface area (Å²) in [5.74, 6) is -1.18. The van der Waals surface area contributed by atoms with Crippen LogP contribution in [-0.2, 0) is 24.2 Å². The molecule has 0 bridgehead atoms. The van der Waals surface area contributed by atoms with Crippen molar-refractivity contribution >= 4 is 22.4 Å². The van der Waals surface area contributed by atoms with Crippen molar-refractivity contribution in [2.75, 3.05) is 5.32 Å². The molecule has 1 aliphatic rings. The monoisotopic (exact) mass is 302 g/mol. The molecule has 1 unspecified atom stereocenters. The predicted octanol–water partition coefficient (Wildman–Crippen LogP) is 3.43. The molecule has 1 heterocycles. The van der Waals surface area contributed by atoms with Crippen LogP contribution in [-0.4, -0.2) is 16.1 Å². The normalized spacial score (nSPS) is 16.7. The molecule has 5 heteroatoms. The zero-order valence-corrected chi connectivity index (χ0v) is 12.7. The van der Waals surface area contributed by atoms with Crippen LogP contribution in [0.25, 0.3) is 0 Å². The number of hydrogen-bond acceptors (Lipinski definition) is 4. The fourth-order valence-corrected chi connectivity index (χ4v) is 3.65. The second-order valence-corrected chi connectivity index (χ2v) is 6.36. The van der Waals surface area contributed by atoms with Crippen LogP contribution in [0.5, 0.6) is 0 Å². The first kappa shape index (κ1) is 14.1. The molecule has 0 amide bonds. The number of nitrogens with one attached hydrogen (secondary N) is 1. The van der Waals surface area contributed by atoms with Crippen LogP contribution < -0.4 is 5.32 Å². The summed E-state index contributed by atoms with van der Waals surface area (Å²) in [6, 6.07) is 8.51. The van der Waals surface area contributed by atoms with Crippen molar-refractivity contribution in [3.8, 4) is 0 Å². The summed E-state index contributed by atoms with van der Waals surface area (Å²) in [5.41, 5.74) is 3.30. The first-order chi connectivity index (χ1) is 10.2. The average molecular weight is 302 g/mol. The van der Waals surface area contributed by atoms with Crippen LogP contribution in [0.15, 0.2) is 24.3 Å². The molecular weight excluding hydrogens is 284 g/mol. The lowest BCUT2D eigenvalue weighted by molar-refractivity contribution is -0.138. The van der Waals surface area contributed by atoms with Crippen LogP contribution in [0.2, 0.25) is 0 Å². The maximum atomic E-state index is 11.2. The highest BCUT2D eigenvalue weighted by molar-refractivity contribution is 7.15. The number of benzene rings is 1. The minimum absolute atomic E-state index is 0.421. The van der Waals surface area contributed by atoms with Crippen LogP contribution in [0, 0.1) is 0 Å². The molecule has 21 heavy (non-hydrogen) atoms. The molecule has 4 nitrogen and oxygen atoms in total. The molecule has 0 radical (unpaired) electrons. The van der Waals surface area contributed by atoms with Gasteiger partial charge in [0.05, 0.1) is 5.69 Å². The maximum absolute atomic E-state index is 11.2. The van der Waals surface area contributed by atoms with E-state index in [0.717, 1.165) is 28.5 Å². The molecule has 3 rings (SSSR count). The maximum Gasteiger partial charge on any atom is 0.312 e. The fourth-order valence-electron chi connectivity index (χ4n) is 2.61. The van der Waals surface area contributed by atoms with Gasteiger partial charge in [-0.2, -0.15) is 0 Å². The molecule has 0 fully saturated rings. The Morgan fingerprint density at radius 2 is 2.10 bits per heavy atom. The number of aryl methyl sites for hydroxylation is 2. The van der Waals surface area contributed by atoms with E-state index in [0.29, 0.717) is 13.0 Å². The summed E-state index contributed by atoms with van der Waals surface area (Å²) in [4.78, 5) is 16.7. The number of nitrogens with zero attached hydrogens (tertiary/aromatic N) is 1. The van der Waals surface area contributed by atoms with Gasteiger partial charge in [-0.3, -0.25) is 4.79 Å². The summed E-state index contributed by atoms with van der Waals surface area (Å²) in [6.07, 6.45) is 2.56. The Hall–Kier alpha value is -1.88. The SMILES string of the molecule is CCc1ccc(CNc2nc3c(s2)CCC3C(=O)O)cc1. The van der Waals surface area contributed by atoms with Gasteiger partial charge in [-0.1, -0.05) is 31.2 Å². The Labute approximate surface area is 127 Å². The van der Waals surface area contributed by atoms with Gasteiger partial charge in [0.1, 0.15) is 5.92 Å². The van der Waals surface area contributed by atoms with Gasteiger partial charge in [0.25, 0.3) is 0 Å². The smallest absolute Gasteiger partial charge is 0.312 e. The summed E-state index contributed by atoms with van der Waals surface area (Å²) in [7, 11) is 0. The third kappa shape index (κ3) is 2.93. The second-order valence-electron chi connectivity index (χ2n) is 5.28. The number of carboxylic acid groups (broad SMARTS) is 1. The van der Waals surface area contributed by atoms with E-state index in [2.05, 4.69) is 41.5 Å². The van der Waals surface area contributed by atoms with Gasteiger partial charge in [-0.05, 0) is 30.4 Å². The van der Waals surface area contributed by atoms with Crippen LogP contribution in [0.3, 0.4) is 0 Å². The minimum atomic E-state index is -0.763. The number of aromatic nitrogens is 1. The fraction of sp³-hybridized carbons (Fsp3) is 0.375. The topological polar surface area (TPSA) is 62.2 Å². The molecule has 0 aliphatic heterocycles. The van der Waals surface area contributed by atoms with Gasteiger partial charge >= 0.3 is 5.97 Å². The number of hydrogen-bond donors (Lipinski definition) is 2. The quantitative estimate of drug-likeness (QED) is 0.888. The van der Waals surface area contributed by atoms with E-state index in [4.69, 9.17) is 0 Å². The van der Waals surface area contributed by atoms with E-state index < -0.39 is 11.9 Å². The van der Waals surface area contributed by atoms with E-state index >= 15 is 0 Å². The van der Waals surface area contributed by atoms with Crippen molar-refractivity contribution in [3.63, 3.8) is 0 Å². The van der Waals surface area contributed by atoms with Crippen molar-refractivity contribution in [1.82, 2.24) is 4.98 Å². The lowest BCUT2D eigenvalue weighted by Gasteiger charge is -2.05. The van der Waals surface area contributed by atoms with E-state index in [1.165, 1.54) is 11.1 Å². The van der Waals surface area contributed by atoms with E-state index in [9.17, 15) is 9.90 Å². The lowest BCUT2D eigenvalue weighted by atomic mass is 10.1. The van der Waals surface area contributed by atoms with Crippen molar-refractivity contribution in [3.05, 3.63) is 46.0 Å². The van der Waals surface area contributed by atoms with Crippen LogP contribution >= 0.6 is 11.3 Å². The lowest BCUT2D eigenvalue weighted by Crippen LogP contribution is -2.09. The van der Waals surface area contributed by atoms with Gasteiger partial charge in [0, 0.05) is 11.4 Å². The van der Waals surface area contributed by atoms with Crippen molar-refractivity contribution in [2.45, 2.75) is 38.6 Å². The van der Waals surface area contributed by atoms with Crippen LogP contribution in [0.1, 0.15) is 41.0 Å². The number of aliphatic carboxylic acids is 1. The third-order valence-electron chi connectivity index (χ3n) is 3.89. The molecule has 0 saturated heterocycles. The van der Waals surface area contributed by atoms with Gasteiger partial charge in [0.2, 0.25) is 0 Å². The van der Waals surface area contributed by atoms with E-state index in [-0.39, 0.29) is 0 Å². The number of rotatable bonds is 5. The van der Waals surface area contributed by atoms with Crippen LogP contribution in [0.4, 0.5) is 5.13 Å². The standard InChI is InChI=1S/C16H18N2O2S/c1-2-10-3-5-11(6-4-10)9-17-16-18-14-12(15(19)20)7-8-13(14)21-16/h3-6,12H,2,7-9H2,1H3,(H,17,18)(H,19,20). The van der Waals surface area contributed by atoms with Crippen molar-refractivity contribution in [2.24, 2.45) is 0 Å². The number of fused-ring (bicyclic) bond motifs is 1. The summed E-state index contributed by atoms with van der Waals surface area (Å²) >= 11 is 1.58. The molecule has 1 atom stereocenters. The zero-order valence-electron chi connectivity index (χ0n) is 11.9. The van der Waals surface area contributed by atoms with Gasteiger partial charge < -0.3 is 10.4 Å². The molecule has 2 N–H and O–H groups in total. The minimum Gasteiger partial charge on any atom is -0.481 e. The molecular formula is C16H18N2O2S. The molecule has 2 aromatic rings. The molecule has 1 aromatic heterocycles. The molecule has 1 aromatic carbocycles. The average Bonchev–Trinajstić information content (AvgIpc) is 3.05. The Bertz CT molecular complexity index is 649. The first-order valence-corrected chi connectivity index (χ1v) is 8.03. The zero-order chi connectivity index (χ0) is 14.8. The number of anilines is 1. The Kier molecular flexibility index (Phi) is 3.92. The Morgan fingerprint density at radius 1 is 1.38 bits per heavy atom. The van der Waals surface area contributed by atoms with E-state index in [1.54, 1.807) is 11.3 Å². The number of thiazole rings is 1. The predicted molar refractivity (Wildman–Crippen MR) is 84.0 cm³/mol. The van der Waals surface area contributed by atoms with Crippen molar-refractivity contribution < 1.29 is 9.90 Å². The third-order valence-corrected chi connectivity index (χ3v) is 4.98. The molecule has 0 spiro atoms. The highest BCUT2D eigenvalue weighted by Crippen LogP contribution is 2.38. The van der Waals surface area contributed by atoms with Gasteiger partial charge in [-0.15, -0.1) is 11.3 Å². The second kappa shape index (κ2) is 5.85.